The maximum atomic E-state index is 16.1. The molecule has 230 valence electrons. The zero-order chi connectivity index (χ0) is 31.3. The van der Waals surface area contributed by atoms with E-state index in [9.17, 15) is 22.4 Å². The van der Waals surface area contributed by atoms with Gasteiger partial charge in [0.05, 0.1) is 12.0 Å². The van der Waals surface area contributed by atoms with Crippen LogP contribution in [-0.2, 0) is 26.8 Å². The number of nitrogens with zero attached hydrogens (tertiary/aromatic N) is 5. The number of amides is 2. The minimum absolute atomic E-state index is 0.152. The zero-order valence-corrected chi connectivity index (χ0v) is 25.5. The summed E-state index contributed by atoms with van der Waals surface area (Å²) in [5, 5.41) is 2.98. The van der Waals surface area contributed by atoms with Crippen molar-refractivity contribution in [3.63, 3.8) is 0 Å². The van der Waals surface area contributed by atoms with Gasteiger partial charge in [-0.25, -0.2) is 23.2 Å². The predicted octanol–water partition coefficient (Wildman–Crippen LogP) is 2.91. The van der Waals surface area contributed by atoms with Crippen LogP contribution in [-0.4, -0.2) is 84.6 Å². The molecule has 0 radical (unpaired) electrons. The second-order valence-corrected chi connectivity index (χ2v) is 13.4. The van der Waals surface area contributed by atoms with Crippen LogP contribution in [0.15, 0.2) is 35.5 Å². The van der Waals surface area contributed by atoms with E-state index in [1.165, 1.54) is 23.2 Å². The van der Waals surface area contributed by atoms with Crippen molar-refractivity contribution in [2.24, 2.45) is 0 Å². The average Bonchev–Trinajstić information content (AvgIpc) is 3.31. The first-order chi connectivity index (χ1) is 20.2. The van der Waals surface area contributed by atoms with E-state index in [2.05, 4.69) is 10.1 Å². The summed E-state index contributed by atoms with van der Waals surface area (Å²) in [5.41, 5.74) is -0.0455. The Kier molecular flexibility index (Phi) is 8.03. The molecule has 0 saturated carbocycles. The van der Waals surface area contributed by atoms with Crippen molar-refractivity contribution in [1.29, 1.82) is 0 Å². The summed E-state index contributed by atoms with van der Waals surface area (Å²) in [6.07, 6.45) is 1.01. The normalized spacial score (nSPS) is 18.7. The van der Waals surface area contributed by atoms with Crippen LogP contribution < -0.4 is 9.46 Å². The number of piperazine rings is 1. The quantitative estimate of drug-likeness (QED) is 0.466. The zero-order valence-electron chi connectivity index (χ0n) is 24.6. The Morgan fingerprint density at radius 3 is 2.49 bits per heavy atom. The number of aromatic nitrogens is 3. The third-order valence-electron chi connectivity index (χ3n) is 7.70. The fourth-order valence-electron chi connectivity index (χ4n) is 5.32. The molecule has 2 aromatic heterocycles. The molecule has 0 spiro atoms. The Morgan fingerprint density at radius 2 is 1.81 bits per heavy atom. The van der Waals surface area contributed by atoms with Crippen molar-refractivity contribution < 1.29 is 31.5 Å². The highest BCUT2D eigenvalue weighted by Crippen LogP contribution is 2.34. The van der Waals surface area contributed by atoms with E-state index in [-0.39, 0.29) is 18.4 Å². The number of ether oxygens (including phenoxy) is 1. The van der Waals surface area contributed by atoms with Gasteiger partial charge in [0, 0.05) is 38.4 Å². The number of hydrogen-bond acceptors (Lipinski definition) is 8. The molecular weight excluding hydrogens is 582 g/mol. The molecule has 14 heteroatoms. The van der Waals surface area contributed by atoms with Crippen LogP contribution >= 0.6 is 0 Å². The number of carbonyl (C=O) groups is 2. The summed E-state index contributed by atoms with van der Waals surface area (Å²) in [5.74, 6) is -3.66. The third kappa shape index (κ3) is 5.98. The molecule has 3 aromatic rings. The highest BCUT2D eigenvalue weighted by molar-refractivity contribution is 7.90. The SMILES string of the molecule is CC(C)c1cc(F)cc2c1CC(=O)NS(=O)(=O)c1nn(c(C(=O)N3CCN(C)CC3)c1F)C(C)(C)COc1cc-2ccn1. The van der Waals surface area contributed by atoms with Gasteiger partial charge in [-0.1, -0.05) is 13.8 Å². The van der Waals surface area contributed by atoms with Gasteiger partial charge in [-0.2, -0.15) is 13.5 Å². The summed E-state index contributed by atoms with van der Waals surface area (Å²) in [6.45, 7) is 8.41. The molecule has 2 aliphatic heterocycles. The van der Waals surface area contributed by atoms with Gasteiger partial charge in [0.15, 0.2) is 11.5 Å². The molecule has 1 fully saturated rings. The van der Waals surface area contributed by atoms with E-state index in [0.717, 1.165) is 4.68 Å². The second kappa shape index (κ2) is 11.3. The molecule has 1 saturated heterocycles. The fraction of sp³-hybridized carbons (Fsp3) is 0.448. The Hall–Kier alpha value is -3.91. The topological polar surface area (TPSA) is 127 Å². The Bertz CT molecular complexity index is 1700. The highest BCUT2D eigenvalue weighted by atomic mass is 32.2. The number of pyridine rings is 1. The lowest BCUT2D eigenvalue weighted by Gasteiger charge is -2.33. The molecule has 43 heavy (non-hydrogen) atoms. The number of halogens is 2. The van der Waals surface area contributed by atoms with E-state index in [4.69, 9.17) is 4.74 Å². The van der Waals surface area contributed by atoms with Crippen molar-refractivity contribution in [1.82, 2.24) is 29.3 Å². The number of fused-ring (bicyclic) bond motifs is 6. The van der Waals surface area contributed by atoms with Gasteiger partial charge in [0.1, 0.15) is 12.4 Å². The van der Waals surface area contributed by atoms with Crippen LogP contribution in [0.3, 0.4) is 0 Å². The Morgan fingerprint density at radius 1 is 1.12 bits per heavy atom. The third-order valence-corrected chi connectivity index (χ3v) is 8.96. The minimum Gasteiger partial charge on any atom is -0.475 e. The monoisotopic (exact) mass is 616 g/mol. The predicted molar refractivity (Wildman–Crippen MR) is 153 cm³/mol. The van der Waals surface area contributed by atoms with E-state index in [0.29, 0.717) is 48.4 Å². The van der Waals surface area contributed by atoms with Gasteiger partial charge in [-0.05, 0) is 67.3 Å². The largest absolute Gasteiger partial charge is 0.475 e. The second-order valence-electron chi connectivity index (χ2n) is 11.8. The maximum absolute atomic E-state index is 16.1. The average molecular weight is 617 g/mol. The lowest BCUT2D eigenvalue weighted by molar-refractivity contribution is -0.118. The van der Waals surface area contributed by atoms with E-state index < -0.39 is 56.2 Å². The lowest BCUT2D eigenvalue weighted by atomic mass is 9.88. The number of likely N-dealkylation sites (N-methyl/N-ethyl adjacent to an activating group) is 1. The molecule has 1 N–H and O–H groups in total. The first-order valence-electron chi connectivity index (χ1n) is 13.9. The molecular formula is C29H34F2N6O5S. The number of carbonyl (C=O) groups excluding carboxylic acids is 2. The lowest BCUT2D eigenvalue weighted by Crippen LogP contribution is -2.48. The molecule has 4 heterocycles. The Balaban J connectivity index is 1.67. The van der Waals surface area contributed by atoms with Crippen molar-refractivity contribution >= 4 is 21.8 Å². The van der Waals surface area contributed by atoms with Crippen LogP contribution in [0, 0.1) is 11.6 Å². The summed E-state index contributed by atoms with van der Waals surface area (Å²) in [6, 6.07) is 5.78. The van der Waals surface area contributed by atoms with Crippen LogP contribution in [0.25, 0.3) is 11.1 Å². The van der Waals surface area contributed by atoms with Crippen molar-refractivity contribution in [2.45, 2.75) is 50.6 Å². The van der Waals surface area contributed by atoms with Crippen molar-refractivity contribution in [3.8, 4) is 17.0 Å². The molecule has 11 nitrogen and oxygen atoms in total. The molecule has 0 atom stereocenters. The van der Waals surface area contributed by atoms with Crippen LogP contribution in [0.4, 0.5) is 8.78 Å². The van der Waals surface area contributed by atoms with Gasteiger partial charge in [-0.15, -0.1) is 0 Å². The number of rotatable bonds is 2. The Labute approximate surface area is 248 Å². The summed E-state index contributed by atoms with van der Waals surface area (Å²) in [7, 11) is -2.98. The first-order valence-corrected chi connectivity index (χ1v) is 15.4. The molecule has 2 amide bonds. The number of nitrogens with one attached hydrogen (secondary N) is 1. The smallest absolute Gasteiger partial charge is 0.286 e. The van der Waals surface area contributed by atoms with Crippen molar-refractivity contribution in [3.05, 3.63) is 58.9 Å². The van der Waals surface area contributed by atoms with Crippen molar-refractivity contribution in [2.75, 3.05) is 39.8 Å². The number of hydrogen-bond donors (Lipinski definition) is 1. The summed E-state index contributed by atoms with van der Waals surface area (Å²) < 4.78 is 66.7. The number of benzene rings is 1. The highest BCUT2D eigenvalue weighted by Gasteiger charge is 2.40. The van der Waals surface area contributed by atoms with Crippen LogP contribution in [0.5, 0.6) is 5.88 Å². The van der Waals surface area contributed by atoms with Gasteiger partial charge < -0.3 is 14.5 Å². The molecule has 0 aliphatic carbocycles. The molecule has 5 rings (SSSR count). The van der Waals surface area contributed by atoms with Crippen LogP contribution in [0.1, 0.15) is 55.2 Å². The first kappa shape index (κ1) is 30.5. The molecule has 4 bridgehead atoms. The van der Waals surface area contributed by atoms with Gasteiger partial charge in [-0.3, -0.25) is 9.59 Å². The standard InChI is InChI=1S/C29H34F2N6O5S/c1-17(2)20-13-19(30)14-21-18-6-7-32-24(12-18)42-16-29(3,4)37-26(28(39)36-10-8-35(5)9-11-36)25(31)27(33-37)43(40,41)34-23(38)15-22(20)21/h6-7,12-14,17H,8-11,15-16H2,1-5H3,(H,34,38). The number of sulfonamides is 1. The van der Waals surface area contributed by atoms with E-state index >= 15 is 4.39 Å². The minimum atomic E-state index is -4.88. The fourth-order valence-corrected chi connectivity index (χ4v) is 6.31. The van der Waals surface area contributed by atoms with Gasteiger partial charge in [0.2, 0.25) is 16.8 Å². The van der Waals surface area contributed by atoms with Crippen LogP contribution in [0.2, 0.25) is 0 Å². The summed E-state index contributed by atoms with van der Waals surface area (Å²) in [4.78, 5) is 34.6. The molecule has 2 aliphatic rings. The van der Waals surface area contributed by atoms with E-state index in [1.54, 1.807) is 26.0 Å². The van der Waals surface area contributed by atoms with E-state index in [1.807, 2.05) is 30.5 Å². The summed E-state index contributed by atoms with van der Waals surface area (Å²) >= 11 is 0. The van der Waals surface area contributed by atoms with Gasteiger partial charge >= 0.3 is 0 Å². The molecule has 0 unspecified atom stereocenters. The molecule has 1 aromatic carbocycles. The van der Waals surface area contributed by atoms with Gasteiger partial charge in [0.25, 0.3) is 15.9 Å². The maximum Gasteiger partial charge on any atom is 0.286 e.